The smallest absolute Gasteiger partial charge is 0.281 e. The first kappa shape index (κ1) is 19.2. The van der Waals surface area contributed by atoms with Gasteiger partial charge in [0.15, 0.2) is 5.72 Å². The standard InChI is InChI=1S/C20H20N2O7/c1-27-14-5-3-12(4-6-14)13-9-20(11-29-20)21(10-13)19(24)15-7-18(28-2)17(23)8-16(15)22(25)26/h3-6,8,10,18,23H,7,9,11H2,1-2H3/t18?,20-/m1/s1. The van der Waals surface area contributed by atoms with Crippen molar-refractivity contribution in [3.05, 3.63) is 69.2 Å². The van der Waals surface area contributed by atoms with Crippen molar-refractivity contribution in [2.24, 2.45) is 0 Å². The van der Waals surface area contributed by atoms with Crippen molar-refractivity contribution in [1.29, 1.82) is 0 Å². The second-order valence-electron chi connectivity index (χ2n) is 7.09. The molecule has 29 heavy (non-hydrogen) atoms. The molecule has 2 aliphatic heterocycles. The second-order valence-corrected chi connectivity index (χ2v) is 7.09. The van der Waals surface area contributed by atoms with Crippen LogP contribution in [0.25, 0.3) is 5.57 Å². The summed E-state index contributed by atoms with van der Waals surface area (Å²) in [4.78, 5) is 25.5. The second kappa shape index (κ2) is 7.02. The molecule has 9 heteroatoms. The molecule has 152 valence electrons. The van der Waals surface area contributed by atoms with Crippen LogP contribution < -0.4 is 4.74 Å². The first-order valence-corrected chi connectivity index (χ1v) is 9.02. The molecule has 2 heterocycles. The maximum absolute atomic E-state index is 13.3. The van der Waals surface area contributed by atoms with Crippen LogP contribution >= 0.6 is 0 Å². The van der Waals surface area contributed by atoms with Gasteiger partial charge in [0.25, 0.3) is 11.6 Å². The van der Waals surface area contributed by atoms with Gasteiger partial charge in [-0.1, -0.05) is 12.1 Å². The lowest BCUT2D eigenvalue weighted by Crippen LogP contribution is -2.39. The number of amides is 1. The number of epoxide rings is 1. The van der Waals surface area contributed by atoms with E-state index in [1.807, 2.05) is 24.3 Å². The van der Waals surface area contributed by atoms with E-state index in [0.717, 1.165) is 23.0 Å². The summed E-state index contributed by atoms with van der Waals surface area (Å²) in [6, 6.07) is 7.43. The molecule has 1 amide bonds. The highest BCUT2D eigenvalue weighted by Crippen LogP contribution is 2.47. The molecular weight excluding hydrogens is 380 g/mol. The summed E-state index contributed by atoms with van der Waals surface area (Å²) in [6.07, 6.45) is 2.26. The topological polar surface area (TPSA) is 115 Å². The SMILES string of the molecule is COc1ccc(C2=CN(C(=O)C3=C([N+](=O)[O-])C=C(O)C(OC)C3)[C@]3(CO3)C2)cc1. The Hall–Kier alpha value is -3.17. The molecular formula is C20H20N2O7. The number of carbonyl (C=O) groups is 1. The van der Waals surface area contributed by atoms with E-state index >= 15 is 0 Å². The Morgan fingerprint density at radius 2 is 2.03 bits per heavy atom. The molecule has 2 atom stereocenters. The van der Waals surface area contributed by atoms with Crippen LogP contribution in [0.4, 0.5) is 0 Å². The van der Waals surface area contributed by atoms with Crippen LogP contribution in [0.2, 0.25) is 0 Å². The lowest BCUT2D eigenvalue weighted by molar-refractivity contribution is -0.420. The highest BCUT2D eigenvalue weighted by molar-refractivity contribution is 5.97. The number of methoxy groups -OCH3 is 2. The summed E-state index contributed by atoms with van der Waals surface area (Å²) in [5, 5.41) is 21.4. The molecule has 1 spiro atoms. The van der Waals surface area contributed by atoms with Gasteiger partial charge < -0.3 is 19.3 Å². The van der Waals surface area contributed by atoms with Gasteiger partial charge in [0.2, 0.25) is 0 Å². The molecule has 9 nitrogen and oxygen atoms in total. The van der Waals surface area contributed by atoms with Crippen molar-refractivity contribution in [2.75, 3.05) is 20.8 Å². The number of rotatable bonds is 5. The maximum Gasteiger partial charge on any atom is 0.281 e. The zero-order valence-corrected chi connectivity index (χ0v) is 16.0. The first-order valence-electron chi connectivity index (χ1n) is 9.02. The van der Waals surface area contributed by atoms with Gasteiger partial charge in [-0.05, 0) is 23.3 Å². The zero-order chi connectivity index (χ0) is 20.8. The van der Waals surface area contributed by atoms with Crippen molar-refractivity contribution < 1.29 is 29.0 Å². The largest absolute Gasteiger partial charge is 0.509 e. The van der Waals surface area contributed by atoms with Gasteiger partial charge >= 0.3 is 0 Å². The molecule has 0 radical (unpaired) electrons. The Kier molecular flexibility index (Phi) is 4.64. The molecule has 1 unspecified atom stereocenters. The fourth-order valence-electron chi connectivity index (χ4n) is 3.68. The van der Waals surface area contributed by atoms with E-state index in [9.17, 15) is 20.0 Å². The van der Waals surface area contributed by atoms with Crippen LogP contribution in [0.15, 0.2) is 53.6 Å². The van der Waals surface area contributed by atoms with Gasteiger partial charge in [0.05, 0.1) is 30.3 Å². The summed E-state index contributed by atoms with van der Waals surface area (Å²) >= 11 is 0. The molecule has 1 fully saturated rings. The number of nitrogens with zero attached hydrogens (tertiary/aromatic N) is 2. The van der Waals surface area contributed by atoms with E-state index in [1.165, 1.54) is 12.0 Å². The third-order valence-electron chi connectivity index (χ3n) is 5.40. The number of aliphatic hydroxyl groups excluding tert-OH is 1. The summed E-state index contributed by atoms with van der Waals surface area (Å²) in [6.45, 7) is 0.352. The normalized spacial score (nSPS) is 25.7. The third-order valence-corrected chi connectivity index (χ3v) is 5.40. The number of benzene rings is 1. The third kappa shape index (κ3) is 3.28. The first-order chi connectivity index (χ1) is 13.9. The minimum atomic E-state index is -0.813. The Morgan fingerprint density at radius 3 is 2.59 bits per heavy atom. The Balaban J connectivity index is 1.68. The zero-order valence-electron chi connectivity index (χ0n) is 16.0. The molecule has 4 rings (SSSR count). The Morgan fingerprint density at radius 1 is 1.34 bits per heavy atom. The lowest BCUT2D eigenvalue weighted by atomic mass is 9.97. The number of hydrogen-bond donors (Lipinski definition) is 1. The molecule has 1 N–H and O–H groups in total. The van der Waals surface area contributed by atoms with Crippen LogP contribution in [0.1, 0.15) is 18.4 Å². The fourth-order valence-corrected chi connectivity index (χ4v) is 3.68. The summed E-state index contributed by atoms with van der Waals surface area (Å²) in [5.41, 5.74) is 0.534. The number of ether oxygens (including phenoxy) is 3. The van der Waals surface area contributed by atoms with Crippen LogP contribution in [-0.2, 0) is 14.3 Å². The van der Waals surface area contributed by atoms with E-state index in [2.05, 4.69) is 0 Å². The molecule has 1 aromatic rings. The van der Waals surface area contributed by atoms with E-state index in [0.29, 0.717) is 13.0 Å². The van der Waals surface area contributed by atoms with Crippen molar-refractivity contribution in [3.63, 3.8) is 0 Å². The predicted octanol–water partition coefficient (Wildman–Crippen LogP) is 2.39. The predicted molar refractivity (Wildman–Crippen MR) is 101 cm³/mol. The monoisotopic (exact) mass is 400 g/mol. The van der Waals surface area contributed by atoms with Crippen LogP contribution in [0, 0.1) is 10.1 Å². The van der Waals surface area contributed by atoms with Gasteiger partial charge in [0.1, 0.15) is 17.6 Å². The van der Waals surface area contributed by atoms with E-state index < -0.39 is 28.4 Å². The summed E-state index contributed by atoms with van der Waals surface area (Å²) in [5.74, 6) is -0.0783. The Labute approximate surface area is 166 Å². The Bertz CT molecular complexity index is 958. The van der Waals surface area contributed by atoms with Crippen molar-refractivity contribution >= 4 is 11.5 Å². The number of carbonyl (C=O) groups excluding carboxylic acids is 1. The molecule has 0 saturated carbocycles. The molecule has 1 aromatic carbocycles. The van der Waals surface area contributed by atoms with Crippen molar-refractivity contribution in [3.8, 4) is 5.75 Å². The van der Waals surface area contributed by atoms with Crippen molar-refractivity contribution in [2.45, 2.75) is 24.7 Å². The molecule has 1 saturated heterocycles. The van der Waals surface area contributed by atoms with Gasteiger partial charge in [0, 0.05) is 26.2 Å². The summed E-state index contributed by atoms with van der Waals surface area (Å²) < 4.78 is 15.9. The van der Waals surface area contributed by atoms with Crippen molar-refractivity contribution in [1.82, 2.24) is 4.90 Å². The minimum absolute atomic E-state index is 0.0262. The average molecular weight is 400 g/mol. The van der Waals surface area contributed by atoms with E-state index in [-0.39, 0.29) is 17.8 Å². The molecule has 0 aromatic heterocycles. The van der Waals surface area contributed by atoms with Crippen LogP contribution in [-0.4, -0.2) is 53.5 Å². The van der Waals surface area contributed by atoms with Crippen LogP contribution in [0.5, 0.6) is 5.75 Å². The lowest BCUT2D eigenvalue weighted by Gasteiger charge is -2.25. The molecule has 3 aliphatic rings. The molecule has 0 bridgehead atoms. The fraction of sp³-hybridized carbons (Fsp3) is 0.350. The average Bonchev–Trinajstić information content (AvgIpc) is 3.39. The maximum atomic E-state index is 13.3. The molecule has 1 aliphatic carbocycles. The van der Waals surface area contributed by atoms with Crippen LogP contribution in [0.3, 0.4) is 0 Å². The van der Waals surface area contributed by atoms with Gasteiger partial charge in [-0.15, -0.1) is 0 Å². The summed E-state index contributed by atoms with van der Waals surface area (Å²) in [7, 11) is 2.96. The number of allylic oxidation sites excluding steroid dienone is 1. The number of aliphatic hydroxyl groups is 1. The van der Waals surface area contributed by atoms with E-state index in [1.54, 1.807) is 13.3 Å². The quantitative estimate of drug-likeness (QED) is 0.458. The highest BCUT2D eigenvalue weighted by atomic mass is 16.6. The number of hydrogen-bond acceptors (Lipinski definition) is 7. The number of nitro groups is 1. The van der Waals surface area contributed by atoms with Gasteiger partial charge in [-0.3, -0.25) is 19.8 Å². The highest BCUT2D eigenvalue weighted by Gasteiger charge is 2.56. The van der Waals surface area contributed by atoms with Gasteiger partial charge in [-0.2, -0.15) is 0 Å². The van der Waals surface area contributed by atoms with Gasteiger partial charge in [-0.25, -0.2) is 0 Å². The van der Waals surface area contributed by atoms with E-state index in [4.69, 9.17) is 14.2 Å². The minimum Gasteiger partial charge on any atom is -0.509 e.